The Hall–Kier alpha value is -2.60. The molecule has 134 valence electrons. The maximum atomic E-state index is 12.4. The van der Waals surface area contributed by atoms with Crippen molar-refractivity contribution in [3.8, 4) is 16.9 Å². The van der Waals surface area contributed by atoms with E-state index in [9.17, 15) is 9.59 Å². The fraction of sp³-hybridized carbons (Fsp3) is 0. The van der Waals surface area contributed by atoms with Crippen LogP contribution in [0.15, 0.2) is 69.9 Å². The van der Waals surface area contributed by atoms with Gasteiger partial charge in [-0.1, -0.05) is 64.9 Å². The summed E-state index contributed by atoms with van der Waals surface area (Å²) in [6.45, 7) is 0. The monoisotopic (exact) mass is 416 g/mol. The summed E-state index contributed by atoms with van der Waals surface area (Å²) in [7, 11) is 0. The molecule has 0 radical (unpaired) electrons. The van der Waals surface area contributed by atoms with E-state index in [1.807, 2.05) is 6.07 Å². The highest BCUT2D eigenvalue weighted by Gasteiger charge is 2.18. The second kappa shape index (κ2) is 7.19. The number of fused-ring (bicyclic) bond motifs is 1. The standard InChI is InChI=1S/C20H10Cl2O4S/c21-15-8-4-7-13(17(15)22)14-9-12(10-16-18(14)26-20(24)27-16)25-19(23)11-5-2-1-3-6-11/h1-10H. The van der Waals surface area contributed by atoms with Gasteiger partial charge >= 0.3 is 10.9 Å². The predicted octanol–water partition coefficient (Wildman–Crippen LogP) is 6.05. The summed E-state index contributed by atoms with van der Waals surface area (Å²) in [5, 5.41) is 0.687. The highest BCUT2D eigenvalue weighted by Crippen LogP contribution is 2.40. The molecule has 0 bridgehead atoms. The molecule has 1 heterocycles. The summed E-state index contributed by atoms with van der Waals surface area (Å²) in [5.74, 6) is -0.228. The van der Waals surface area contributed by atoms with Gasteiger partial charge in [-0.05, 0) is 24.3 Å². The summed E-state index contributed by atoms with van der Waals surface area (Å²) in [5.41, 5.74) is 1.89. The van der Waals surface area contributed by atoms with Crippen molar-refractivity contribution < 1.29 is 13.9 Å². The normalized spacial score (nSPS) is 10.9. The first-order chi connectivity index (χ1) is 13.0. The largest absolute Gasteiger partial charge is 0.423 e. The third-order valence-electron chi connectivity index (χ3n) is 3.87. The zero-order valence-electron chi connectivity index (χ0n) is 13.6. The average Bonchev–Trinajstić information content (AvgIpc) is 3.04. The fourth-order valence-corrected chi connectivity index (χ4v) is 3.79. The Morgan fingerprint density at radius 1 is 0.963 bits per heavy atom. The molecule has 0 N–H and O–H groups in total. The van der Waals surface area contributed by atoms with Crippen LogP contribution in [0.4, 0.5) is 0 Å². The van der Waals surface area contributed by atoms with E-state index in [2.05, 4.69) is 0 Å². The smallest absolute Gasteiger partial charge is 0.396 e. The number of rotatable bonds is 3. The van der Waals surface area contributed by atoms with Crippen molar-refractivity contribution in [2.75, 3.05) is 0 Å². The number of hydrogen-bond acceptors (Lipinski definition) is 5. The predicted molar refractivity (Wildman–Crippen MR) is 107 cm³/mol. The summed E-state index contributed by atoms with van der Waals surface area (Å²) >= 11 is 13.4. The third kappa shape index (κ3) is 3.49. The van der Waals surface area contributed by atoms with Crippen LogP contribution < -0.4 is 9.68 Å². The zero-order valence-corrected chi connectivity index (χ0v) is 15.9. The highest BCUT2D eigenvalue weighted by atomic mass is 35.5. The van der Waals surface area contributed by atoms with Gasteiger partial charge in [0.25, 0.3) is 0 Å². The van der Waals surface area contributed by atoms with E-state index in [4.69, 9.17) is 32.4 Å². The molecular formula is C20H10Cl2O4S. The minimum Gasteiger partial charge on any atom is -0.423 e. The highest BCUT2D eigenvalue weighted by molar-refractivity contribution is 7.16. The Balaban J connectivity index is 1.85. The topological polar surface area (TPSA) is 56.5 Å². The summed E-state index contributed by atoms with van der Waals surface area (Å²) in [6, 6.07) is 17.0. The lowest BCUT2D eigenvalue weighted by molar-refractivity contribution is 0.0735. The number of esters is 1. The molecule has 0 amide bonds. The maximum absolute atomic E-state index is 12.4. The minimum atomic E-state index is -0.506. The first kappa shape index (κ1) is 17.8. The van der Waals surface area contributed by atoms with Crippen molar-refractivity contribution in [2.24, 2.45) is 0 Å². The molecule has 4 nitrogen and oxygen atoms in total. The van der Waals surface area contributed by atoms with E-state index in [0.717, 1.165) is 11.3 Å². The molecule has 0 aliphatic rings. The van der Waals surface area contributed by atoms with Gasteiger partial charge in [0.05, 0.1) is 20.3 Å². The Kier molecular flexibility index (Phi) is 4.74. The van der Waals surface area contributed by atoms with Gasteiger partial charge in [-0.25, -0.2) is 9.59 Å². The van der Waals surface area contributed by atoms with Gasteiger partial charge < -0.3 is 9.15 Å². The average molecular weight is 417 g/mol. The van der Waals surface area contributed by atoms with E-state index >= 15 is 0 Å². The van der Waals surface area contributed by atoms with E-state index in [1.165, 1.54) is 0 Å². The molecule has 0 fully saturated rings. The van der Waals surface area contributed by atoms with Gasteiger partial charge in [0.2, 0.25) is 0 Å². The first-order valence-corrected chi connectivity index (χ1v) is 9.39. The molecule has 0 saturated heterocycles. The molecule has 0 aliphatic carbocycles. The minimum absolute atomic E-state index is 0.277. The SMILES string of the molecule is O=C(Oc1cc(-c2cccc(Cl)c2Cl)c2oc(=O)sc2c1)c1ccccc1. The molecule has 4 rings (SSSR count). The molecule has 0 atom stereocenters. The lowest BCUT2D eigenvalue weighted by Gasteiger charge is -2.10. The van der Waals surface area contributed by atoms with Gasteiger partial charge in [0, 0.05) is 17.2 Å². The lowest BCUT2D eigenvalue weighted by Crippen LogP contribution is -2.08. The number of halogens is 2. The van der Waals surface area contributed by atoms with Crippen LogP contribution in [0, 0.1) is 0 Å². The molecule has 27 heavy (non-hydrogen) atoms. The molecule has 0 spiro atoms. The first-order valence-electron chi connectivity index (χ1n) is 7.82. The van der Waals surface area contributed by atoms with E-state index in [1.54, 1.807) is 54.6 Å². The molecule has 0 saturated carbocycles. The third-order valence-corrected chi connectivity index (χ3v) is 5.46. The second-order valence-corrected chi connectivity index (χ2v) is 7.37. The van der Waals surface area contributed by atoms with Crippen molar-refractivity contribution in [3.63, 3.8) is 0 Å². The van der Waals surface area contributed by atoms with Gasteiger partial charge in [-0.15, -0.1) is 0 Å². The van der Waals surface area contributed by atoms with Gasteiger partial charge in [-0.2, -0.15) is 0 Å². The van der Waals surface area contributed by atoms with Gasteiger partial charge in [0.1, 0.15) is 5.75 Å². The number of carbonyl (C=O) groups excluding carboxylic acids is 1. The number of hydrogen-bond donors (Lipinski definition) is 0. The van der Waals surface area contributed by atoms with E-state index < -0.39 is 10.9 Å². The number of benzene rings is 3. The van der Waals surface area contributed by atoms with Crippen molar-refractivity contribution in [1.29, 1.82) is 0 Å². The Morgan fingerprint density at radius 3 is 2.52 bits per heavy atom. The molecule has 1 aromatic heterocycles. The fourth-order valence-electron chi connectivity index (χ4n) is 2.66. The molecule has 0 aliphatic heterocycles. The zero-order chi connectivity index (χ0) is 19.0. The Morgan fingerprint density at radius 2 is 1.74 bits per heavy atom. The van der Waals surface area contributed by atoms with Crippen molar-refractivity contribution in [1.82, 2.24) is 0 Å². The number of carbonyl (C=O) groups is 1. The van der Waals surface area contributed by atoms with Gasteiger partial charge in [0.15, 0.2) is 5.58 Å². The van der Waals surface area contributed by atoms with Crippen LogP contribution in [0.2, 0.25) is 10.0 Å². The van der Waals surface area contributed by atoms with Gasteiger partial charge in [-0.3, -0.25) is 0 Å². The molecule has 0 unspecified atom stereocenters. The summed E-state index contributed by atoms with van der Waals surface area (Å²) < 4.78 is 11.4. The number of ether oxygens (including phenoxy) is 1. The van der Waals surface area contributed by atoms with Crippen LogP contribution in [0.3, 0.4) is 0 Å². The van der Waals surface area contributed by atoms with Crippen molar-refractivity contribution in [3.05, 3.63) is 86.0 Å². The molecule has 4 aromatic rings. The molecule has 7 heteroatoms. The quantitative estimate of drug-likeness (QED) is 0.301. The summed E-state index contributed by atoms with van der Waals surface area (Å²) in [4.78, 5) is 23.7. The Bertz CT molecular complexity index is 1210. The summed E-state index contributed by atoms with van der Waals surface area (Å²) in [6.07, 6.45) is 0. The van der Waals surface area contributed by atoms with Crippen LogP contribution in [-0.2, 0) is 0 Å². The van der Waals surface area contributed by atoms with Crippen molar-refractivity contribution >= 4 is 50.8 Å². The maximum Gasteiger partial charge on any atom is 0.396 e. The van der Waals surface area contributed by atoms with Crippen LogP contribution in [0.25, 0.3) is 21.4 Å². The molecule has 3 aromatic carbocycles. The molecular weight excluding hydrogens is 407 g/mol. The van der Waals surface area contributed by atoms with Crippen LogP contribution >= 0.6 is 34.5 Å². The van der Waals surface area contributed by atoms with Crippen LogP contribution in [-0.4, -0.2) is 5.97 Å². The van der Waals surface area contributed by atoms with Crippen LogP contribution in [0.5, 0.6) is 5.75 Å². The lowest BCUT2D eigenvalue weighted by atomic mass is 10.0. The Labute approximate surface area is 167 Å². The van der Waals surface area contributed by atoms with Crippen LogP contribution in [0.1, 0.15) is 10.4 Å². The van der Waals surface area contributed by atoms with E-state index in [0.29, 0.717) is 37.0 Å². The second-order valence-electron chi connectivity index (χ2n) is 5.61. The van der Waals surface area contributed by atoms with E-state index in [-0.39, 0.29) is 5.75 Å². The van der Waals surface area contributed by atoms with Crippen molar-refractivity contribution in [2.45, 2.75) is 0 Å².